The molecule has 0 aromatic heterocycles. The van der Waals surface area contributed by atoms with Gasteiger partial charge in [0, 0.05) is 12.3 Å². The van der Waals surface area contributed by atoms with Crippen LogP contribution in [-0.2, 0) is 4.74 Å². The average Bonchev–Trinajstić information content (AvgIpc) is 2.14. The average molecular weight is 137 g/mol. The van der Waals surface area contributed by atoms with E-state index in [9.17, 15) is 0 Å². The van der Waals surface area contributed by atoms with Crippen molar-refractivity contribution in [3.63, 3.8) is 0 Å². The van der Waals surface area contributed by atoms with E-state index in [1.165, 1.54) is 0 Å². The third kappa shape index (κ3) is 1.34. The molecule has 0 bridgehead atoms. The number of ether oxygens (including phenoxy) is 1. The summed E-state index contributed by atoms with van der Waals surface area (Å²) < 4.78 is 4.93. The normalized spacial score (nSPS) is 38.2. The second-order valence-corrected chi connectivity index (χ2v) is 2.25. The molecule has 1 heterocycles. The number of hydrogen-bond acceptors (Lipinski definition) is 2. The van der Waals surface area contributed by atoms with Crippen LogP contribution in [-0.4, -0.2) is 23.4 Å². The van der Waals surface area contributed by atoms with Crippen LogP contribution in [0.4, 0.5) is 0 Å². The topological polar surface area (TPSA) is 29.5 Å². The maximum absolute atomic E-state index is 8.75. The Kier molecular flexibility index (Phi) is 2.11. The molecule has 3 heteroatoms. The number of alkyl halides is 1. The van der Waals surface area contributed by atoms with E-state index in [2.05, 4.69) is 0 Å². The molecule has 1 rings (SSSR count). The summed E-state index contributed by atoms with van der Waals surface area (Å²) in [6, 6.07) is 0. The Balaban J connectivity index is 2.22. The van der Waals surface area contributed by atoms with Crippen molar-refractivity contribution in [3.8, 4) is 0 Å². The molecule has 2 atom stereocenters. The monoisotopic (exact) mass is 136 g/mol. The fourth-order valence-corrected chi connectivity index (χ4v) is 1.03. The first kappa shape index (κ1) is 6.33. The van der Waals surface area contributed by atoms with Gasteiger partial charge in [0.15, 0.2) is 6.29 Å². The number of aliphatic hydroxyl groups excluding tert-OH is 1. The van der Waals surface area contributed by atoms with Crippen LogP contribution in [0, 0.1) is 0 Å². The van der Waals surface area contributed by atoms with Gasteiger partial charge in [0.1, 0.15) is 0 Å². The zero-order valence-corrected chi connectivity index (χ0v) is 5.27. The van der Waals surface area contributed by atoms with Gasteiger partial charge in [0.05, 0.1) is 6.10 Å². The van der Waals surface area contributed by atoms with Crippen molar-refractivity contribution in [2.24, 2.45) is 0 Å². The van der Waals surface area contributed by atoms with Crippen molar-refractivity contribution < 1.29 is 9.84 Å². The molecule has 1 saturated heterocycles. The second kappa shape index (κ2) is 2.67. The van der Waals surface area contributed by atoms with Crippen LogP contribution in [0.25, 0.3) is 0 Å². The molecule has 0 unspecified atom stereocenters. The molecule has 0 saturated carbocycles. The van der Waals surface area contributed by atoms with E-state index in [0.717, 1.165) is 12.8 Å². The highest BCUT2D eigenvalue weighted by Crippen LogP contribution is 2.17. The highest BCUT2D eigenvalue weighted by Gasteiger charge is 2.21. The molecule has 0 amide bonds. The van der Waals surface area contributed by atoms with E-state index in [0.29, 0.717) is 5.88 Å². The van der Waals surface area contributed by atoms with Gasteiger partial charge in [-0.2, -0.15) is 0 Å². The summed E-state index contributed by atoms with van der Waals surface area (Å²) >= 11 is 5.44. The molecule has 1 aliphatic rings. The summed E-state index contributed by atoms with van der Waals surface area (Å²) in [6.07, 6.45) is 1.16. The molecule has 8 heavy (non-hydrogen) atoms. The highest BCUT2D eigenvalue weighted by molar-refractivity contribution is 6.18. The summed E-state index contributed by atoms with van der Waals surface area (Å²) in [6.45, 7) is 0. The van der Waals surface area contributed by atoms with E-state index in [1.807, 2.05) is 0 Å². The first-order chi connectivity index (χ1) is 3.83. The fourth-order valence-electron chi connectivity index (χ4n) is 0.800. The molecule has 0 aliphatic carbocycles. The number of halogens is 1. The fraction of sp³-hybridized carbons (Fsp3) is 1.00. The lowest BCUT2D eigenvalue weighted by molar-refractivity contribution is -0.0840. The van der Waals surface area contributed by atoms with Gasteiger partial charge < -0.3 is 9.84 Å². The zero-order chi connectivity index (χ0) is 5.98. The standard InChI is InChI=1S/C5H9ClO2/c6-3-4-1-2-5(7)8-4/h4-5,7H,1-3H2/t4-,5-/m1/s1. The van der Waals surface area contributed by atoms with Crippen LogP contribution in [0.15, 0.2) is 0 Å². The smallest absolute Gasteiger partial charge is 0.155 e. The van der Waals surface area contributed by atoms with Gasteiger partial charge in [-0.1, -0.05) is 0 Å². The molecule has 48 valence electrons. The van der Waals surface area contributed by atoms with Crippen molar-refractivity contribution in [1.82, 2.24) is 0 Å². The Morgan fingerprint density at radius 1 is 1.62 bits per heavy atom. The molecule has 0 aromatic carbocycles. The molecule has 2 nitrogen and oxygen atoms in total. The van der Waals surface area contributed by atoms with Gasteiger partial charge in [-0.05, 0) is 6.42 Å². The first-order valence-electron chi connectivity index (χ1n) is 2.72. The summed E-state index contributed by atoms with van der Waals surface area (Å²) in [4.78, 5) is 0. The quantitative estimate of drug-likeness (QED) is 0.539. The van der Waals surface area contributed by atoms with Gasteiger partial charge >= 0.3 is 0 Å². The maximum Gasteiger partial charge on any atom is 0.155 e. The molecule has 1 N–H and O–H groups in total. The molecule has 0 radical (unpaired) electrons. The summed E-state index contributed by atoms with van der Waals surface area (Å²) in [5.74, 6) is 0.497. The van der Waals surface area contributed by atoms with E-state index in [4.69, 9.17) is 21.4 Å². The first-order valence-corrected chi connectivity index (χ1v) is 3.26. The number of aliphatic hydroxyl groups is 1. The Bertz CT molecular complexity index is 76.8. The lowest BCUT2D eigenvalue weighted by Crippen LogP contribution is -2.10. The van der Waals surface area contributed by atoms with Crippen LogP contribution in [0.1, 0.15) is 12.8 Å². The Labute approximate surface area is 53.4 Å². The van der Waals surface area contributed by atoms with Crippen LogP contribution >= 0.6 is 11.6 Å². The van der Waals surface area contributed by atoms with Gasteiger partial charge in [0.2, 0.25) is 0 Å². The zero-order valence-electron chi connectivity index (χ0n) is 4.51. The van der Waals surface area contributed by atoms with Crippen LogP contribution < -0.4 is 0 Å². The molecular formula is C5H9ClO2. The minimum absolute atomic E-state index is 0.0895. The van der Waals surface area contributed by atoms with Crippen molar-refractivity contribution in [2.75, 3.05) is 5.88 Å². The number of rotatable bonds is 1. The van der Waals surface area contributed by atoms with E-state index < -0.39 is 6.29 Å². The predicted octanol–water partition coefficient (Wildman–Crippen LogP) is 0.723. The minimum atomic E-state index is -0.557. The van der Waals surface area contributed by atoms with E-state index in [1.54, 1.807) is 0 Å². The van der Waals surface area contributed by atoms with Gasteiger partial charge in [-0.3, -0.25) is 0 Å². The summed E-state index contributed by atoms with van der Waals surface area (Å²) in [5, 5.41) is 8.75. The SMILES string of the molecule is O[C@H]1CC[C@H](CCl)O1. The van der Waals surface area contributed by atoms with Crippen molar-refractivity contribution >= 4 is 11.6 Å². The highest BCUT2D eigenvalue weighted by atomic mass is 35.5. The van der Waals surface area contributed by atoms with Crippen molar-refractivity contribution in [2.45, 2.75) is 25.2 Å². The Morgan fingerprint density at radius 3 is 2.62 bits per heavy atom. The maximum atomic E-state index is 8.75. The van der Waals surface area contributed by atoms with Crippen LogP contribution in [0.2, 0.25) is 0 Å². The van der Waals surface area contributed by atoms with E-state index >= 15 is 0 Å². The Hall–Kier alpha value is 0.210. The van der Waals surface area contributed by atoms with Crippen LogP contribution in [0.5, 0.6) is 0 Å². The second-order valence-electron chi connectivity index (χ2n) is 1.94. The molecular weight excluding hydrogens is 128 g/mol. The Morgan fingerprint density at radius 2 is 2.38 bits per heavy atom. The minimum Gasteiger partial charge on any atom is -0.368 e. The van der Waals surface area contributed by atoms with Crippen molar-refractivity contribution in [3.05, 3.63) is 0 Å². The van der Waals surface area contributed by atoms with Gasteiger partial charge in [-0.25, -0.2) is 0 Å². The van der Waals surface area contributed by atoms with E-state index in [-0.39, 0.29) is 6.10 Å². The summed E-state index contributed by atoms with van der Waals surface area (Å²) in [7, 11) is 0. The molecule has 1 aliphatic heterocycles. The molecule has 1 fully saturated rings. The summed E-state index contributed by atoms with van der Waals surface area (Å²) in [5.41, 5.74) is 0. The lowest BCUT2D eigenvalue weighted by atomic mass is 10.3. The van der Waals surface area contributed by atoms with Gasteiger partial charge in [-0.15, -0.1) is 11.6 Å². The predicted molar refractivity (Wildman–Crippen MR) is 30.8 cm³/mol. The van der Waals surface area contributed by atoms with Crippen molar-refractivity contribution in [1.29, 1.82) is 0 Å². The largest absolute Gasteiger partial charge is 0.368 e. The molecule has 0 aromatic rings. The number of hydrogen-bond donors (Lipinski definition) is 1. The third-order valence-corrected chi connectivity index (χ3v) is 1.60. The molecule has 0 spiro atoms. The third-order valence-electron chi connectivity index (χ3n) is 1.26. The lowest BCUT2D eigenvalue weighted by Gasteiger charge is -2.03. The van der Waals surface area contributed by atoms with Crippen LogP contribution in [0.3, 0.4) is 0 Å². The van der Waals surface area contributed by atoms with Gasteiger partial charge in [0.25, 0.3) is 0 Å².